The molecule has 2 N–H and O–H groups in total. The maximum atomic E-state index is 10.7. The van der Waals surface area contributed by atoms with Gasteiger partial charge in [-0.05, 0) is 24.6 Å². The summed E-state index contributed by atoms with van der Waals surface area (Å²) in [4.78, 5) is 10.1. The zero-order valence-corrected chi connectivity index (χ0v) is 12.7. The van der Waals surface area contributed by atoms with Crippen LogP contribution in [0, 0.1) is 17.0 Å². The third kappa shape index (κ3) is 3.32. The minimum absolute atomic E-state index is 0.108. The smallest absolute Gasteiger partial charge is 0.271 e. The Hall–Kier alpha value is -2.67. The van der Waals surface area contributed by atoms with Gasteiger partial charge in [-0.25, -0.2) is 0 Å². The van der Waals surface area contributed by atoms with Crippen LogP contribution < -0.4 is 10.5 Å². The number of aryl methyl sites for hydroxylation is 1. The Balaban J connectivity index is 2.33. The fraction of sp³-hybridized carbons (Fsp3) is 0.143. The van der Waals surface area contributed by atoms with E-state index in [-0.39, 0.29) is 10.7 Å². The Labute approximate surface area is 131 Å². The number of hydrogen-bond donors (Lipinski definition) is 1. The van der Waals surface area contributed by atoms with Crippen molar-refractivity contribution in [2.75, 3.05) is 12.8 Å². The van der Waals surface area contributed by atoms with Gasteiger partial charge in [0.2, 0.25) is 0 Å². The molecule has 0 bridgehead atoms. The summed E-state index contributed by atoms with van der Waals surface area (Å²) in [7, 11) is 1.56. The normalized spacial score (nSPS) is 10.9. The number of nitro benzene ring substituents is 1. The number of ether oxygens (including phenoxy) is 1. The lowest BCUT2D eigenvalue weighted by molar-refractivity contribution is -0.384. The second kappa shape index (κ2) is 6.40. The number of benzene rings is 2. The highest BCUT2D eigenvalue weighted by molar-refractivity contribution is 6.33. The first-order valence-corrected chi connectivity index (χ1v) is 6.60. The fourth-order valence-corrected chi connectivity index (χ4v) is 2.01. The summed E-state index contributed by atoms with van der Waals surface area (Å²) in [5.41, 5.74) is 7.82. The molecule has 0 fully saturated rings. The van der Waals surface area contributed by atoms with E-state index >= 15 is 0 Å². The van der Waals surface area contributed by atoms with Gasteiger partial charge in [0.05, 0.1) is 22.7 Å². The third-order valence-electron chi connectivity index (χ3n) is 2.95. The van der Waals surface area contributed by atoms with Gasteiger partial charge in [0.1, 0.15) is 17.1 Å². The Morgan fingerprint density at radius 2 is 1.91 bits per heavy atom. The Morgan fingerprint density at radius 1 is 1.23 bits per heavy atom. The van der Waals surface area contributed by atoms with Gasteiger partial charge in [-0.1, -0.05) is 11.6 Å². The van der Waals surface area contributed by atoms with Crippen LogP contribution in [0.4, 0.5) is 22.7 Å². The Kier molecular flexibility index (Phi) is 4.57. The molecular formula is C14H13ClN4O3. The number of nitro groups is 1. The molecule has 114 valence electrons. The van der Waals surface area contributed by atoms with Crippen molar-refractivity contribution < 1.29 is 9.66 Å². The molecule has 2 aromatic carbocycles. The molecule has 0 saturated heterocycles. The summed E-state index contributed by atoms with van der Waals surface area (Å²) in [5.74, 6) is 0.657. The number of hydrogen-bond acceptors (Lipinski definition) is 6. The van der Waals surface area contributed by atoms with Gasteiger partial charge in [-0.15, -0.1) is 10.2 Å². The standard InChI is InChI=1S/C14H13ClN4O3/c1-8-5-13(11(16)7-14(8)22-2)18-17-12-4-3-9(19(20)21)6-10(12)15/h3-7H,16H2,1-2H3. The topological polar surface area (TPSA) is 103 Å². The monoisotopic (exact) mass is 320 g/mol. The first kappa shape index (κ1) is 15.7. The number of nitrogens with two attached hydrogens (primary N) is 1. The predicted octanol–water partition coefficient (Wildman–Crippen LogP) is 4.56. The van der Waals surface area contributed by atoms with Crippen molar-refractivity contribution in [1.82, 2.24) is 0 Å². The van der Waals surface area contributed by atoms with E-state index in [1.807, 2.05) is 6.92 Å². The Morgan fingerprint density at radius 3 is 2.50 bits per heavy atom. The summed E-state index contributed by atoms with van der Waals surface area (Å²) in [6, 6.07) is 7.34. The van der Waals surface area contributed by atoms with Gasteiger partial charge in [0.25, 0.3) is 5.69 Å². The van der Waals surface area contributed by atoms with Crippen LogP contribution in [0.3, 0.4) is 0 Å². The van der Waals surface area contributed by atoms with Gasteiger partial charge in [-0.3, -0.25) is 10.1 Å². The summed E-state index contributed by atoms with van der Waals surface area (Å²) in [6.45, 7) is 1.86. The van der Waals surface area contributed by atoms with Crippen LogP contribution in [0.25, 0.3) is 0 Å². The number of non-ortho nitro benzene ring substituents is 1. The lowest BCUT2D eigenvalue weighted by Gasteiger charge is -2.07. The molecule has 0 heterocycles. The summed E-state index contributed by atoms with van der Waals surface area (Å²) >= 11 is 5.95. The van der Waals surface area contributed by atoms with Crippen LogP contribution in [0.15, 0.2) is 40.6 Å². The van der Waals surface area contributed by atoms with Crippen molar-refractivity contribution in [3.8, 4) is 5.75 Å². The highest BCUT2D eigenvalue weighted by Gasteiger charge is 2.09. The molecule has 0 radical (unpaired) electrons. The van der Waals surface area contributed by atoms with E-state index in [2.05, 4.69) is 10.2 Å². The minimum atomic E-state index is -0.530. The molecule has 8 heteroatoms. The molecule has 0 unspecified atom stereocenters. The first-order valence-electron chi connectivity index (χ1n) is 6.22. The second-order valence-electron chi connectivity index (χ2n) is 4.47. The van der Waals surface area contributed by atoms with Crippen molar-refractivity contribution in [2.24, 2.45) is 10.2 Å². The third-order valence-corrected chi connectivity index (χ3v) is 3.25. The van der Waals surface area contributed by atoms with E-state index in [1.54, 1.807) is 19.2 Å². The fourth-order valence-electron chi connectivity index (χ4n) is 1.79. The summed E-state index contributed by atoms with van der Waals surface area (Å²) in [5, 5.41) is 18.8. The lowest BCUT2D eigenvalue weighted by atomic mass is 10.2. The second-order valence-corrected chi connectivity index (χ2v) is 4.88. The number of azo groups is 1. The number of nitrogens with zero attached hydrogens (tertiary/aromatic N) is 3. The first-order chi connectivity index (χ1) is 10.4. The van der Waals surface area contributed by atoms with Gasteiger partial charge < -0.3 is 10.5 Å². The molecule has 0 spiro atoms. The molecular weight excluding hydrogens is 308 g/mol. The van der Waals surface area contributed by atoms with E-state index < -0.39 is 4.92 Å². The van der Waals surface area contributed by atoms with Crippen molar-refractivity contribution in [1.29, 1.82) is 0 Å². The van der Waals surface area contributed by atoms with Crippen LogP contribution in [-0.4, -0.2) is 12.0 Å². The maximum absolute atomic E-state index is 10.7. The SMILES string of the molecule is COc1cc(N)c(N=Nc2ccc([N+](=O)[O-])cc2Cl)cc1C. The van der Waals surface area contributed by atoms with Crippen molar-refractivity contribution in [3.63, 3.8) is 0 Å². The molecule has 22 heavy (non-hydrogen) atoms. The molecule has 0 saturated carbocycles. The van der Waals surface area contributed by atoms with Crippen LogP contribution in [0.1, 0.15) is 5.56 Å². The molecule has 0 aliphatic heterocycles. The largest absolute Gasteiger partial charge is 0.496 e. The van der Waals surface area contributed by atoms with E-state index in [1.165, 1.54) is 18.2 Å². The molecule has 2 rings (SSSR count). The van der Waals surface area contributed by atoms with E-state index in [0.717, 1.165) is 5.56 Å². The number of nitrogen functional groups attached to an aromatic ring is 1. The van der Waals surface area contributed by atoms with Crippen LogP contribution in [0.5, 0.6) is 5.75 Å². The number of halogens is 1. The zero-order chi connectivity index (χ0) is 16.3. The van der Waals surface area contributed by atoms with Crippen molar-refractivity contribution >= 4 is 34.4 Å². The van der Waals surface area contributed by atoms with E-state index in [4.69, 9.17) is 22.1 Å². The molecule has 2 aromatic rings. The Bertz CT molecular complexity index is 762. The van der Waals surface area contributed by atoms with E-state index in [9.17, 15) is 10.1 Å². The zero-order valence-electron chi connectivity index (χ0n) is 11.9. The molecule has 0 aliphatic rings. The molecule has 0 atom stereocenters. The molecule has 7 nitrogen and oxygen atoms in total. The average Bonchev–Trinajstić information content (AvgIpc) is 2.48. The highest BCUT2D eigenvalue weighted by atomic mass is 35.5. The van der Waals surface area contributed by atoms with Gasteiger partial charge >= 0.3 is 0 Å². The minimum Gasteiger partial charge on any atom is -0.496 e. The number of methoxy groups -OCH3 is 1. The maximum Gasteiger partial charge on any atom is 0.271 e. The lowest BCUT2D eigenvalue weighted by Crippen LogP contribution is -1.91. The molecule has 0 amide bonds. The quantitative estimate of drug-likeness (QED) is 0.386. The predicted molar refractivity (Wildman–Crippen MR) is 84.4 cm³/mol. The van der Waals surface area contributed by atoms with Crippen LogP contribution in [-0.2, 0) is 0 Å². The average molecular weight is 321 g/mol. The van der Waals surface area contributed by atoms with E-state index in [0.29, 0.717) is 22.8 Å². The number of anilines is 1. The van der Waals surface area contributed by atoms with Crippen LogP contribution in [0.2, 0.25) is 5.02 Å². The van der Waals surface area contributed by atoms with Crippen LogP contribution >= 0.6 is 11.6 Å². The number of rotatable bonds is 4. The highest BCUT2D eigenvalue weighted by Crippen LogP contribution is 2.34. The van der Waals surface area contributed by atoms with Gasteiger partial charge in [-0.2, -0.15) is 0 Å². The van der Waals surface area contributed by atoms with Crippen molar-refractivity contribution in [2.45, 2.75) is 6.92 Å². The summed E-state index contributed by atoms with van der Waals surface area (Å²) < 4.78 is 5.16. The van der Waals surface area contributed by atoms with Gasteiger partial charge in [0, 0.05) is 18.2 Å². The van der Waals surface area contributed by atoms with Gasteiger partial charge in [0.15, 0.2) is 0 Å². The van der Waals surface area contributed by atoms with Crippen molar-refractivity contribution in [3.05, 3.63) is 51.0 Å². The molecule has 0 aliphatic carbocycles. The summed E-state index contributed by atoms with van der Waals surface area (Å²) in [6.07, 6.45) is 0. The molecule has 0 aromatic heterocycles.